The van der Waals surface area contributed by atoms with Gasteiger partial charge in [0, 0.05) is 6.04 Å². The molecule has 7 heteroatoms. The molecule has 0 aliphatic carbocycles. The zero-order valence-corrected chi connectivity index (χ0v) is 12.0. The minimum atomic E-state index is -4.02. The molecule has 0 aliphatic rings. The van der Waals surface area contributed by atoms with E-state index in [2.05, 4.69) is 4.74 Å². The summed E-state index contributed by atoms with van der Waals surface area (Å²) in [6.45, 7) is 3.60. The van der Waals surface area contributed by atoms with Gasteiger partial charge < -0.3 is 10.5 Å². The number of ether oxygens (including phenoxy) is 1. The molecule has 0 saturated carbocycles. The van der Waals surface area contributed by atoms with Crippen molar-refractivity contribution in [1.82, 2.24) is 0 Å². The van der Waals surface area contributed by atoms with Crippen LogP contribution in [-0.4, -0.2) is 32.1 Å². The molecule has 0 radical (unpaired) electrons. The highest BCUT2D eigenvalue weighted by atomic mass is 32.2. The van der Waals surface area contributed by atoms with Gasteiger partial charge in [-0.15, -0.1) is 0 Å². The van der Waals surface area contributed by atoms with Crippen LogP contribution >= 0.6 is 0 Å². The number of carbonyl (C=O) groups is 1. The number of nitrogens with two attached hydrogens (primary N) is 1. The average molecular weight is 289 g/mol. The first kappa shape index (κ1) is 17.6. The molecule has 1 unspecified atom stereocenters. The number of hydrogen-bond acceptors (Lipinski definition) is 5. The van der Waals surface area contributed by atoms with Crippen LogP contribution in [0.5, 0.6) is 0 Å². The Kier molecular flexibility index (Phi) is 7.28. The summed E-state index contributed by atoms with van der Waals surface area (Å²) in [5.74, 6) is -0.250. The summed E-state index contributed by atoms with van der Waals surface area (Å²) in [5, 5.41) is 0. The van der Waals surface area contributed by atoms with E-state index in [1.807, 2.05) is 6.92 Å². The maximum absolute atomic E-state index is 10.5. The summed E-state index contributed by atoms with van der Waals surface area (Å²) in [6.07, 6.45) is 0.302. The van der Waals surface area contributed by atoms with E-state index in [0.29, 0.717) is 6.42 Å². The molecule has 6 nitrogen and oxygen atoms in total. The molecular weight excluding hydrogens is 270 g/mol. The number of rotatable bonds is 3. The van der Waals surface area contributed by atoms with Gasteiger partial charge in [-0.25, -0.2) is 0 Å². The molecule has 1 atom stereocenters. The van der Waals surface area contributed by atoms with Crippen molar-refractivity contribution >= 4 is 16.1 Å². The summed E-state index contributed by atoms with van der Waals surface area (Å²) in [4.78, 5) is 10.3. The van der Waals surface area contributed by atoms with Crippen LogP contribution in [0.3, 0.4) is 0 Å². The lowest BCUT2D eigenvalue weighted by Gasteiger charge is -2.00. The van der Waals surface area contributed by atoms with Crippen molar-refractivity contribution in [2.75, 3.05) is 7.11 Å². The Hall–Kier alpha value is -1.44. The second-order valence-corrected chi connectivity index (χ2v) is 5.47. The van der Waals surface area contributed by atoms with E-state index in [4.69, 9.17) is 10.3 Å². The first-order chi connectivity index (χ1) is 8.66. The summed E-state index contributed by atoms with van der Waals surface area (Å²) in [7, 11) is -2.67. The van der Waals surface area contributed by atoms with Gasteiger partial charge in [-0.2, -0.15) is 8.42 Å². The standard InChI is InChI=1S/C7H8O3S.C5H11NO2/c1-6-2-4-7(5-3-6)11(8,9)10;1-4(6)3-5(7)8-2/h2-5H,1H3,(H,8,9,10);4H,3,6H2,1-2H3. The minimum absolute atomic E-state index is 0.0666. The van der Waals surface area contributed by atoms with E-state index in [9.17, 15) is 13.2 Å². The van der Waals surface area contributed by atoms with E-state index < -0.39 is 10.1 Å². The van der Waals surface area contributed by atoms with Gasteiger partial charge in [-0.3, -0.25) is 9.35 Å². The minimum Gasteiger partial charge on any atom is -0.469 e. The van der Waals surface area contributed by atoms with Crippen LogP contribution in [0.15, 0.2) is 29.2 Å². The lowest BCUT2D eigenvalue weighted by atomic mass is 10.2. The molecule has 0 amide bonds. The van der Waals surface area contributed by atoms with Crippen molar-refractivity contribution in [3.05, 3.63) is 29.8 Å². The number of hydrogen-bond donors (Lipinski definition) is 2. The Labute approximate surface area is 113 Å². The third-order valence-electron chi connectivity index (χ3n) is 2.04. The Morgan fingerprint density at radius 3 is 2.11 bits per heavy atom. The molecule has 0 bridgehead atoms. The summed E-state index contributed by atoms with van der Waals surface area (Å²) in [5.41, 5.74) is 6.22. The van der Waals surface area contributed by atoms with Gasteiger partial charge in [0.15, 0.2) is 0 Å². The first-order valence-electron chi connectivity index (χ1n) is 5.53. The topological polar surface area (TPSA) is 107 Å². The molecule has 1 aromatic carbocycles. The second kappa shape index (κ2) is 7.88. The normalized spacial score (nSPS) is 12.1. The quantitative estimate of drug-likeness (QED) is 0.638. The highest BCUT2D eigenvalue weighted by molar-refractivity contribution is 7.85. The smallest absolute Gasteiger partial charge is 0.307 e. The summed E-state index contributed by atoms with van der Waals surface area (Å²) < 4.78 is 33.9. The van der Waals surface area contributed by atoms with E-state index in [-0.39, 0.29) is 16.9 Å². The molecule has 19 heavy (non-hydrogen) atoms. The third kappa shape index (κ3) is 8.30. The maximum Gasteiger partial charge on any atom is 0.307 e. The molecule has 0 aliphatic heterocycles. The summed E-state index contributed by atoms with van der Waals surface area (Å²) >= 11 is 0. The molecule has 0 heterocycles. The number of aryl methyl sites for hydroxylation is 1. The van der Waals surface area contributed by atoms with Gasteiger partial charge in [0.1, 0.15) is 0 Å². The van der Waals surface area contributed by atoms with E-state index >= 15 is 0 Å². The molecule has 0 fully saturated rings. The van der Waals surface area contributed by atoms with Crippen molar-refractivity contribution < 1.29 is 22.5 Å². The third-order valence-corrected chi connectivity index (χ3v) is 2.90. The lowest BCUT2D eigenvalue weighted by molar-refractivity contribution is -0.140. The van der Waals surface area contributed by atoms with Crippen LogP contribution in [0.25, 0.3) is 0 Å². The van der Waals surface area contributed by atoms with Crippen LogP contribution < -0.4 is 5.73 Å². The predicted molar refractivity (Wildman–Crippen MR) is 71.3 cm³/mol. The molecule has 1 rings (SSSR count). The van der Waals surface area contributed by atoms with Gasteiger partial charge in [0.05, 0.1) is 18.4 Å². The van der Waals surface area contributed by atoms with Crippen LogP contribution in [0.1, 0.15) is 18.9 Å². The molecule has 0 saturated heterocycles. The molecule has 0 spiro atoms. The fraction of sp³-hybridized carbons (Fsp3) is 0.417. The Balaban J connectivity index is 0.000000362. The summed E-state index contributed by atoms with van der Waals surface area (Å²) in [6, 6.07) is 5.89. The number of methoxy groups -OCH3 is 1. The monoisotopic (exact) mass is 289 g/mol. The van der Waals surface area contributed by atoms with Crippen molar-refractivity contribution in [1.29, 1.82) is 0 Å². The van der Waals surface area contributed by atoms with Crippen molar-refractivity contribution in [2.24, 2.45) is 5.73 Å². The van der Waals surface area contributed by atoms with Gasteiger partial charge in [-0.1, -0.05) is 17.7 Å². The Morgan fingerprint density at radius 2 is 1.84 bits per heavy atom. The van der Waals surface area contributed by atoms with Crippen LogP contribution in [-0.2, 0) is 19.6 Å². The van der Waals surface area contributed by atoms with Crippen molar-refractivity contribution in [2.45, 2.75) is 31.2 Å². The van der Waals surface area contributed by atoms with E-state index in [1.54, 1.807) is 19.1 Å². The first-order valence-corrected chi connectivity index (χ1v) is 6.97. The molecule has 0 aromatic heterocycles. The van der Waals surface area contributed by atoms with Crippen molar-refractivity contribution in [3.8, 4) is 0 Å². The number of esters is 1. The molecule has 3 N–H and O–H groups in total. The zero-order valence-electron chi connectivity index (χ0n) is 11.2. The highest BCUT2D eigenvalue weighted by Crippen LogP contribution is 2.08. The molecular formula is C12H19NO5S. The van der Waals surface area contributed by atoms with Gasteiger partial charge in [0.2, 0.25) is 0 Å². The van der Waals surface area contributed by atoms with Gasteiger partial charge in [-0.05, 0) is 26.0 Å². The van der Waals surface area contributed by atoms with Crippen LogP contribution in [0, 0.1) is 6.92 Å². The highest BCUT2D eigenvalue weighted by Gasteiger charge is 2.06. The van der Waals surface area contributed by atoms with Gasteiger partial charge in [0.25, 0.3) is 10.1 Å². The largest absolute Gasteiger partial charge is 0.469 e. The Morgan fingerprint density at radius 1 is 1.37 bits per heavy atom. The fourth-order valence-corrected chi connectivity index (χ4v) is 1.54. The van der Waals surface area contributed by atoms with Crippen LogP contribution in [0.4, 0.5) is 0 Å². The predicted octanol–water partition coefficient (Wildman–Crippen LogP) is 1.14. The SMILES string of the molecule is COC(=O)CC(C)N.Cc1ccc(S(=O)(=O)O)cc1. The number of carbonyl (C=O) groups excluding carboxylic acids is 1. The molecule has 108 valence electrons. The molecule has 1 aromatic rings. The van der Waals surface area contributed by atoms with Crippen molar-refractivity contribution in [3.63, 3.8) is 0 Å². The van der Waals surface area contributed by atoms with Gasteiger partial charge >= 0.3 is 5.97 Å². The Bertz CT molecular complexity index is 493. The second-order valence-electron chi connectivity index (χ2n) is 4.05. The maximum atomic E-state index is 10.5. The number of benzene rings is 1. The lowest BCUT2D eigenvalue weighted by Crippen LogP contribution is -2.20. The fourth-order valence-electron chi connectivity index (χ4n) is 1.06. The van der Waals surface area contributed by atoms with E-state index in [0.717, 1.165) is 5.56 Å². The van der Waals surface area contributed by atoms with Crippen LogP contribution in [0.2, 0.25) is 0 Å². The van der Waals surface area contributed by atoms with E-state index in [1.165, 1.54) is 19.2 Å². The zero-order chi connectivity index (χ0) is 15.1. The average Bonchev–Trinajstić information content (AvgIpc) is 2.28.